The van der Waals surface area contributed by atoms with Gasteiger partial charge in [-0.25, -0.2) is 4.98 Å². The fraction of sp³-hybridized carbons (Fsp3) is 0.389. The molecule has 26 heavy (non-hydrogen) atoms. The minimum atomic E-state index is -0.450. The van der Waals surface area contributed by atoms with Crippen molar-refractivity contribution in [2.24, 2.45) is 0 Å². The van der Waals surface area contributed by atoms with E-state index in [2.05, 4.69) is 10.3 Å². The minimum Gasteiger partial charge on any atom is -0.454 e. The standard InChI is InChI=1S/C18H19N3O4S/c1-11-9-26-16(20-11)7-19-18(23)13-3-5-17(22)21(13)8-12-2-4-14-15(6-12)25-10-24-14/h2,4,6,9,13H,3,5,7-8,10H2,1H3,(H,19,23)/t13-/m0/s1. The van der Waals surface area contributed by atoms with Crippen molar-refractivity contribution in [1.29, 1.82) is 0 Å². The van der Waals surface area contributed by atoms with Crippen molar-refractivity contribution in [2.75, 3.05) is 6.79 Å². The van der Waals surface area contributed by atoms with Crippen molar-refractivity contribution in [3.63, 3.8) is 0 Å². The number of carbonyl (C=O) groups is 2. The number of nitrogens with one attached hydrogen (secondary N) is 1. The normalized spacial score (nSPS) is 18.4. The molecule has 0 radical (unpaired) electrons. The van der Waals surface area contributed by atoms with Crippen molar-refractivity contribution in [2.45, 2.75) is 38.9 Å². The third kappa shape index (κ3) is 3.37. The van der Waals surface area contributed by atoms with E-state index in [4.69, 9.17) is 9.47 Å². The molecule has 8 heteroatoms. The number of likely N-dealkylation sites (tertiary alicyclic amines) is 1. The second kappa shape index (κ2) is 6.95. The van der Waals surface area contributed by atoms with Gasteiger partial charge in [0, 0.05) is 24.0 Å². The van der Waals surface area contributed by atoms with Crippen LogP contribution >= 0.6 is 11.3 Å². The van der Waals surface area contributed by atoms with Crippen LogP contribution in [0.5, 0.6) is 11.5 Å². The molecule has 2 aromatic rings. The maximum atomic E-state index is 12.6. The number of fused-ring (bicyclic) bond motifs is 1. The summed E-state index contributed by atoms with van der Waals surface area (Å²) in [7, 11) is 0. The van der Waals surface area contributed by atoms with Gasteiger partial charge in [0.2, 0.25) is 18.6 Å². The highest BCUT2D eigenvalue weighted by Crippen LogP contribution is 2.33. The molecule has 1 aromatic carbocycles. The number of carbonyl (C=O) groups excluding carboxylic acids is 2. The van der Waals surface area contributed by atoms with Gasteiger partial charge in [-0.15, -0.1) is 11.3 Å². The Hall–Kier alpha value is -2.61. The molecule has 0 bridgehead atoms. The zero-order valence-corrected chi connectivity index (χ0v) is 15.2. The van der Waals surface area contributed by atoms with E-state index in [1.54, 1.807) is 4.90 Å². The summed E-state index contributed by atoms with van der Waals surface area (Å²) in [5, 5.41) is 5.72. The van der Waals surface area contributed by atoms with Crippen molar-refractivity contribution in [1.82, 2.24) is 15.2 Å². The van der Waals surface area contributed by atoms with Crippen LogP contribution < -0.4 is 14.8 Å². The molecule has 136 valence electrons. The van der Waals surface area contributed by atoms with Gasteiger partial charge in [0.05, 0.1) is 6.54 Å². The van der Waals surface area contributed by atoms with Crippen LogP contribution in [0.1, 0.15) is 29.1 Å². The summed E-state index contributed by atoms with van der Waals surface area (Å²) in [6.07, 6.45) is 0.922. The smallest absolute Gasteiger partial charge is 0.243 e. The van der Waals surface area contributed by atoms with E-state index in [1.807, 2.05) is 30.5 Å². The monoisotopic (exact) mass is 373 g/mol. The van der Waals surface area contributed by atoms with E-state index in [0.29, 0.717) is 37.4 Å². The lowest BCUT2D eigenvalue weighted by molar-refractivity contribution is -0.135. The van der Waals surface area contributed by atoms with Gasteiger partial charge in [-0.05, 0) is 31.0 Å². The topological polar surface area (TPSA) is 80.8 Å². The van der Waals surface area contributed by atoms with Crippen LogP contribution in [-0.4, -0.2) is 34.5 Å². The molecule has 0 unspecified atom stereocenters. The van der Waals surface area contributed by atoms with Crippen molar-refractivity contribution in [3.8, 4) is 11.5 Å². The van der Waals surface area contributed by atoms with E-state index >= 15 is 0 Å². The van der Waals surface area contributed by atoms with E-state index < -0.39 is 6.04 Å². The number of ether oxygens (including phenoxy) is 2. The molecular formula is C18H19N3O4S. The van der Waals surface area contributed by atoms with Gasteiger partial charge in [-0.2, -0.15) is 0 Å². The Morgan fingerprint density at radius 2 is 2.23 bits per heavy atom. The predicted molar refractivity (Wildman–Crippen MR) is 94.8 cm³/mol. The molecular weight excluding hydrogens is 354 g/mol. The number of rotatable bonds is 5. The number of nitrogens with zero attached hydrogens (tertiary/aromatic N) is 2. The lowest BCUT2D eigenvalue weighted by Crippen LogP contribution is -2.44. The number of aryl methyl sites for hydroxylation is 1. The number of thiazole rings is 1. The number of hydrogen-bond donors (Lipinski definition) is 1. The molecule has 0 spiro atoms. The van der Waals surface area contributed by atoms with Gasteiger partial charge in [-0.1, -0.05) is 6.07 Å². The highest BCUT2D eigenvalue weighted by atomic mass is 32.1. The molecule has 1 N–H and O–H groups in total. The zero-order chi connectivity index (χ0) is 18.1. The van der Waals surface area contributed by atoms with Crippen LogP contribution in [0.15, 0.2) is 23.6 Å². The Balaban J connectivity index is 1.42. The highest BCUT2D eigenvalue weighted by molar-refractivity contribution is 7.09. The molecule has 3 heterocycles. The molecule has 0 aliphatic carbocycles. The van der Waals surface area contributed by atoms with Crippen molar-refractivity contribution in [3.05, 3.63) is 39.8 Å². The number of amides is 2. The summed E-state index contributed by atoms with van der Waals surface area (Å²) in [4.78, 5) is 30.9. The molecule has 0 saturated carbocycles. The average Bonchev–Trinajstić information content (AvgIpc) is 3.34. The molecule has 4 rings (SSSR count). The largest absolute Gasteiger partial charge is 0.454 e. The molecule has 2 amide bonds. The third-order valence-electron chi connectivity index (χ3n) is 4.50. The number of hydrogen-bond acceptors (Lipinski definition) is 6. The number of aromatic nitrogens is 1. The first-order chi connectivity index (χ1) is 12.6. The zero-order valence-electron chi connectivity index (χ0n) is 14.4. The predicted octanol–water partition coefficient (Wildman–Crippen LogP) is 1.99. The van der Waals surface area contributed by atoms with Crippen LogP contribution in [-0.2, 0) is 22.7 Å². The molecule has 2 aliphatic heterocycles. The Morgan fingerprint density at radius 3 is 3.04 bits per heavy atom. The van der Waals surface area contributed by atoms with Gasteiger partial charge in [0.1, 0.15) is 11.0 Å². The lowest BCUT2D eigenvalue weighted by Gasteiger charge is -2.24. The maximum absolute atomic E-state index is 12.6. The van der Waals surface area contributed by atoms with Crippen LogP contribution in [0.25, 0.3) is 0 Å². The van der Waals surface area contributed by atoms with Gasteiger partial charge in [0.25, 0.3) is 0 Å². The number of benzene rings is 1. The summed E-state index contributed by atoms with van der Waals surface area (Å²) in [6.45, 7) is 2.90. The second-order valence-electron chi connectivity index (χ2n) is 6.36. The van der Waals surface area contributed by atoms with Gasteiger partial charge < -0.3 is 19.7 Å². The van der Waals surface area contributed by atoms with Gasteiger partial charge >= 0.3 is 0 Å². The average molecular weight is 373 g/mol. The molecule has 1 atom stereocenters. The second-order valence-corrected chi connectivity index (χ2v) is 7.31. The van der Waals surface area contributed by atoms with Crippen molar-refractivity contribution < 1.29 is 19.1 Å². The van der Waals surface area contributed by atoms with Crippen LogP contribution in [0.2, 0.25) is 0 Å². The molecule has 7 nitrogen and oxygen atoms in total. The van der Waals surface area contributed by atoms with Crippen LogP contribution in [0.3, 0.4) is 0 Å². The summed E-state index contributed by atoms with van der Waals surface area (Å²) in [5.74, 6) is 1.24. The summed E-state index contributed by atoms with van der Waals surface area (Å²) >= 11 is 1.52. The Kier molecular flexibility index (Phi) is 4.50. The van der Waals surface area contributed by atoms with Crippen molar-refractivity contribution >= 4 is 23.2 Å². The quantitative estimate of drug-likeness (QED) is 0.867. The fourth-order valence-corrected chi connectivity index (χ4v) is 3.92. The Morgan fingerprint density at radius 1 is 1.38 bits per heavy atom. The first-order valence-electron chi connectivity index (χ1n) is 8.47. The summed E-state index contributed by atoms with van der Waals surface area (Å²) in [5.41, 5.74) is 1.86. The van der Waals surface area contributed by atoms with Gasteiger partial charge in [0.15, 0.2) is 11.5 Å². The lowest BCUT2D eigenvalue weighted by atomic mass is 10.1. The van der Waals surface area contributed by atoms with E-state index in [0.717, 1.165) is 16.3 Å². The highest BCUT2D eigenvalue weighted by Gasteiger charge is 2.36. The molecule has 1 aromatic heterocycles. The maximum Gasteiger partial charge on any atom is 0.243 e. The molecule has 1 saturated heterocycles. The molecule has 1 fully saturated rings. The first kappa shape index (κ1) is 16.8. The van der Waals surface area contributed by atoms with E-state index in [1.165, 1.54) is 11.3 Å². The third-order valence-corrected chi connectivity index (χ3v) is 5.47. The first-order valence-corrected chi connectivity index (χ1v) is 9.35. The molecule has 2 aliphatic rings. The van der Waals surface area contributed by atoms with Crippen LogP contribution in [0, 0.1) is 6.92 Å². The Labute approximate surface area is 154 Å². The minimum absolute atomic E-state index is 0.00656. The van der Waals surface area contributed by atoms with Crippen LogP contribution in [0.4, 0.5) is 0 Å². The Bertz CT molecular complexity index is 851. The van der Waals surface area contributed by atoms with E-state index in [-0.39, 0.29) is 18.6 Å². The summed E-state index contributed by atoms with van der Waals surface area (Å²) < 4.78 is 10.7. The van der Waals surface area contributed by atoms with E-state index in [9.17, 15) is 9.59 Å². The summed E-state index contributed by atoms with van der Waals surface area (Å²) in [6, 6.07) is 5.14. The SMILES string of the molecule is Cc1csc(CNC(=O)[C@@H]2CCC(=O)N2Cc2ccc3c(c2)OCO3)n1. The fourth-order valence-electron chi connectivity index (χ4n) is 3.20. The van der Waals surface area contributed by atoms with Gasteiger partial charge in [-0.3, -0.25) is 9.59 Å².